The lowest BCUT2D eigenvalue weighted by Gasteiger charge is -2.10. The molecular weight excluding hydrogens is 302 g/mol. The lowest BCUT2D eigenvalue weighted by atomic mass is 10.1. The fourth-order valence-electron chi connectivity index (χ4n) is 2.37. The highest BCUT2D eigenvalue weighted by Crippen LogP contribution is 2.19. The van der Waals surface area contributed by atoms with E-state index in [9.17, 15) is 4.79 Å². The summed E-state index contributed by atoms with van der Waals surface area (Å²) in [6.45, 7) is 8.31. The van der Waals surface area contributed by atoms with Crippen molar-refractivity contribution in [3.05, 3.63) is 64.7 Å². The summed E-state index contributed by atoms with van der Waals surface area (Å²) in [5, 5.41) is 2.95. The molecule has 0 aliphatic rings. The van der Waals surface area contributed by atoms with Gasteiger partial charge in [0.1, 0.15) is 5.75 Å². The van der Waals surface area contributed by atoms with Crippen molar-refractivity contribution >= 4 is 5.91 Å². The minimum Gasteiger partial charge on any atom is -0.494 e. The quantitative estimate of drug-likeness (QED) is 0.801. The van der Waals surface area contributed by atoms with Crippen LogP contribution in [0.25, 0.3) is 0 Å². The minimum atomic E-state index is -0.0838. The van der Waals surface area contributed by atoms with Gasteiger partial charge < -0.3 is 14.8 Å². The standard InChI is InChI=1S/C20H25NO3/c1-4-23-14-17-8-6-16(7-9-17)13-21-20(22)18-10-11-19(24-5-2)15(3)12-18/h6-12H,4-5,13-14H2,1-3H3,(H,21,22). The summed E-state index contributed by atoms with van der Waals surface area (Å²) in [6.07, 6.45) is 0. The van der Waals surface area contributed by atoms with Crippen LogP contribution in [0.2, 0.25) is 0 Å². The summed E-state index contributed by atoms with van der Waals surface area (Å²) in [7, 11) is 0. The normalized spacial score (nSPS) is 10.5. The number of carbonyl (C=O) groups is 1. The third-order valence-corrected chi connectivity index (χ3v) is 3.69. The fraction of sp³-hybridized carbons (Fsp3) is 0.350. The number of carbonyl (C=O) groups excluding carboxylic acids is 1. The van der Waals surface area contributed by atoms with E-state index in [0.717, 1.165) is 22.4 Å². The Hall–Kier alpha value is -2.33. The Balaban J connectivity index is 1.91. The van der Waals surface area contributed by atoms with E-state index < -0.39 is 0 Å². The van der Waals surface area contributed by atoms with Crippen LogP contribution in [0.15, 0.2) is 42.5 Å². The summed E-state index contributed by atoms with van der Waals surface area (Å²) in [6, 6.07) is 13.6. The van der Waals surface area contributed by atoms with Crippen molar-refractivity contribution in [3.63, 3.8) is 0 Å². The summed E-state index contributed by atoms with van der Waals surface area (Å²) in [5.41, 5.74) is 3.80. The fourth-order valence-corrected chi connectivity index (χ4v) is 2.37. The molecule has 4 nitrogen and oxygen atoms in total. The average Bonchev–Trinajstić information content (AvgIpc) is 2.60. The lowest BCUT2D eigenvalue weighted by molar-refractivity contribution is 0.0950. The molecule has 0 heterocycles. The van der Waals surface area contributed by atoms with Gasteiger partial charge in [-0.2, -0.15) is 0 Å². The molecule has 0 aliphatic heterocycles. The zero-order valence-electron chi connectivity index (χ0n) is 14.6. The molecule has 24 heavy (non-hydrogen) atoms. The third kappa shape index (κ3) is 5.10. The van der Waals surface area contributed by atoms with Crippen molar-refractivity contribution in [2.75, 3.05) is 13.2 Å². The Morgan fingerprint density at radius 2 is 1.71 bits per heavy atom. The molecule has 2 aromatic rings. The van der Waals surface area contributed by atoms with E-state index in [4.69, 9.17) is 9.47 Å². The van der Waals surface area contributed by atoms with E-state index in [-0.39, 0.29) is 5.91 Å². The molecule has 0 aromatic heterocycles. The van der Waals surface area contributed by atoms with Gasteiger partial charge >= 0.3 is 0 Å². The van der Waals surface area contributed by atoms with Crippen LogP contribution in [0.1, 0.15) is 40.9 Å². The molecule has 1 amide bonds. The zero-order valence-corrected chi connectivity index (χ0v) is 14.6. The van der Waals surface area contributed by atoms with Gasteiger partial charge in [-0.15, -0.1) is 0 Å². The van der Waals surface area contributed by atoms with Gasteiger partial charge in [0, 0.05) is 18.7 Å². The first-order valence-corrected chi connectivity index (χ1v) is 8.31. The topological polar surface area (TPSA) is 47.6 Å². The van der Waals surface area contributed by atoms with E-state index in [1.165, 1.54) is 0 Å². The zero-order chi connectivity index (χ0) is 17.4. The lowest BCUT2D eigenvalue weighted by Crippen LogP contribution is -2.22. The Kier molecular flexibility index (Phi) is 6.82. The van der Waals surface area contributed by atoms with E-state index >= 15 is 0 Å². The van der Waals surface area contributed by atoms with Crippen LogP contribution >= 0.6 is 0 Å². The molecule has 0 bridgehead atoms. The van der Waals surface area contributed by atoms with Gasteiger partial charge in [0.15, 0.2) is 0 Å². The number of benzene rings is 2. The first-order valence-electron chi connectivity index (χ1n) is 8.31. The summed E-state index contributed by atoms with van der Waals surface area (Å²) in [5.74, 6) is 0.735. The predicted molar refractivity (Wildman–Crippen MR) is 95.3 cm³/mol. The van der Waals surface area contributed by atoms with Crippen molar-refractivity contribution in [2.24, 2.45) is 0 Å². The molecule has 0 saturated heterocycles. The van der Waals surface area contributed by atoms with Crippen LogP contribution in [0.3, 0.4) is 0 Å². The number of nitrogens with one attached hydrogen (secondary N) is 1. The van der Waals surface area contributed by atoms with Crippen molar-refractivity contribution in [2.45, 2.75) is 33.9 Å². The van der Waals surface area contributed by atoms with Gasteiger partial charge in [-0.3, -0.25) is 4.79 Å². The number of hydrogen-bond donors (Lipinski definition) is 1. The van der Waals surface area contributed by atoms with Crippen LogP contribution in [0.4, 0.5) is 0 Å². The van der Waals surface area contributed by atoms with Crippen molar-refractivity contribution < 1.29 is 14.3 Å². The SMILES string of the molecule is CCOCc1ccc(CNC(=O)c2ccc(OCC)c(C)c2)cc1. The smallest absolute Gasteiger partial charge is 0.251 e. The molecule has 0 spiro atoms. The van der Waals surface area contributed by atoms with Crippen LogP contribution in [-0.4, -0.2) is 19.1 Å². The van der Waals surface area contributed by atoms with Crippen molar-refractivity contribution in [1.29, 1.82) is 0 Å². The van der Waals surface area contributed by atoms with E-state index in [2.05, 4.69) is 5.32 Å². The van der Waals surface area contributed by atoms with Crippen LogP contribution in [-0.2, 0) is 17.9 Å². The Bertz CT molecular complexity index is 665. The number of ether oxygens (including phenoxy) is 2. The van der Waals surface area contributed by atoms with Gasteiger partial charge in [0.2, 0.25) is 0 Å². The monoisotopic (exact) mass is 327 g/mol. The van der Waals surface area contributed by atoms with E-state index in [1.807, 2.05) is 57.2 Å². The maximum Gasteiger partial charge on any atom is 0.251 e. The first kappa shape index (κ1) is 18.0. The second-order valence-corrected chi connectivity index (χ2v) is 5.55. The van der Waals surface area contributed by atoms with Gasteiger partial charge in [-0.1, -0.05) is 24.3 Å². The van der Waals surface area contributed by atoms with Gasteiger partial charge in [0.05, 0.1) is 13.2 Å². The summed E-state index contributed by atoms with van der Waals surface area (Å²) >= 11 is 0. The van der Waals surface area contributed by atoms with Crippen molar-refractivity contribution in [3.8, 4) is 5.75 Å². The maximum atomic E-state index is 12.3. The van der Waals surface area contributed by atoms with E-state index in [0.29, 0.717) is 31.9 Å². The number of hydrogen-bond acceptors (Lipinski definition) is 3. The van der Waals surface area contributed by atoms with Gasteiger partial charge in [0.25, 0.3) is 5.91 Å². The van der Waals surface area contributed by atoms with E-state index in [1.54, 1.807) is 6.07 Å². The highest BCUT2D eigenvalue weighted by Gasteiger charge is 2.08. The molecule has 128 valence electrons. The number of aryl methyl sites for hydroxylation is 1. The van der Waals surface area contributed by atoms with Crippen molar-refractivity contribution in [1.82, 2.24) is 5.32 Å². The predicted octanol–water partition coefficient (Wildman–Crippen LogP) is 3.86. The van der Waals surface area contributed by atoms with Gasteiger partial charge in [-0.25, -0.2) is 0 Å². The minimum absolute atomic E-state index is 0.0838. The Morgan fingerprint density at radius 3 is 2.33 bits per heavy atom. The molecular formula is C20H25NO3. The molecule has 2 rings (SSSR count). The highest BCUT2D eigenvalue weighted by atomic mass is 16.5. The molecule has 1 N–H and O–H groups in total. The van der Waals surface area contributed by atoms with Crippen LogP contribution in [0, 0.1) is 6.92 Å². The first-order chi connectivity index (χ1) is 11.6. The molecule has 0 fully saturated rings. The summed E-state index contributed by atoms with van der Waals surface area (Å²) in [4.78, 5) is 12.3. The van der Waals surface area contributed by atoms with Crippen LogP contribution < -0.4 is 10.1 Å². The second kappa shape index (κ2) is 9.08. The highest BCUT2D eigenvalue weighted by molar-refractivity contribution is 5.94. The maximum absolute atomic E-state index is 12.3. The van der Waals surface area contributed by atoms with Gasteiger partial charge in [-0.05, 0) is 55.7 Å². The molecule has 0 unspecified atom stereocenters. The molecule has 2 aromatic carbocycles. The molecule has 0 aliphatic carbocycles. The number of rotatable bonds is 8. The molecule has 0 saturated carbocycles. The summed E-state index contributed by atoms with van der Waals surface area (Å²) < 4.78 is 10.9. The van der Waals surface area contributed by atoms with Crippen LogP contribution in [0.5, 0.6) is 5.75 Å². The second-order valence-electron chi connectivity index (χ2n) is 5.55. The Labute approximate surface area is 143 Å². The average molecular weight is 327 g/mol. The largest absolute Gasteiger partial charge is 0.494 e. The Morgan fingerprint density at radius 1 is 1.00 bits per heavy atom. The molecule has 4 heteroatoms. The molecule has 0 radical (unpaired) electrons. The third-order valence-electron chi connectivity index (χ3n) is 3.69. The number of amides is 1. The molecule has 0 atom stereocenters.